The van der Waals surface area contributed by atoms with E-state index in [0.717, 1.165) is 18.5 Å². The maximum atomic E-state index is 14.3. The number of aliphatic hydroxyl groups is 1. The Morgan fingerprint density at radius 1 is 1.12 bits per heavy atom. The van der Waals surface area contributed by atoms with Crippen LogP contribution in [0.15, 0.2) is 59.1 Å². The Labute approximate surface area is 289 Å². The first-order valence-corrected chi connectivity index (χ1v) is 18.2. The van der Waals surface area contributed by atoms with Gasteiger partial charge in [-0.1, -0.05) is 44.2 Å². The fraction of sp³-hybridized carbons (Fsp3) is 0.543. The van der Waals surface area contributed by atoms with Crippen LogP contribution in [0.3, 0.4) is 0 Å². The molecule has 14 heteroatoms. The highest BCUT2D eigenvalue weighted by Crippen LogP contribution is 2.36. The van der Waals surface area contributed by atoms with Crippen molar-refractivity contribution in [2.24, 2.45) is 11.8 Å². The number of anilines is 1. The van der Waals surface area contributed by atoms with Crippen molar-refractivity contribution < 1.29 is 37.3 Å². The normalized spacial score (nSPS) is 22.6. The Bertz CT molecular complexity index is 1620. The minimum absolute atomic E-state index is 0.00394. The number of ether oxygens (including phenoxy) is 3. The number of carbonyl (C=O) groups is 2. The molecule has 2 aromatic rings. The third kappa shape index (κ3) is 8.99. The van der Waals surface area contributed by atoms with Gasteiger partial charge < -0.3 is 40.2 Å². The molecule has 2 fully saturated rings. The van der Waals surface area contributed by atoms with E-state index in [9.17, 15) is 23.1 Å². The first-order chi connectivity index (χ1) is 23.3. The number of aliphatic hydroxyl groups excluding tert-OH is 1. The minimum Gasteiger partial charge on any atom is -0.443 e. The molecule has 2 amide bonds. The number of alkyl carbamates (subject to hydrolysis) is 1. The van der Waals surface area contributed by atoms with Crippen molar-refractivity contribution in [2.45, 2.75) is 63.0 Å². The third-order valence-electron chi connectivity index (χ3n) is 8.97. The first-order valence-electron chi connectivity index (χ1n) is 16.8. The van der Waals surface area contributed by atoms with Gasteiger partial charge in [0, 0.05) is 43.1 Å². The van der Waals surface area contributed by atoms with Crippen LogP contribution >= 0.6 is 0 Å². The summed E-state index contributed by atoms with van der Waals surface area (Å²) in [7, 11) is -0.252. The Morgan fingerprint density at radius 3 is 2.59 bits per heavy atom. The van der Waals surface area contributed by atoms with Crippen LogP contribution in [0.1, 0.15) is 38.3 Å². The predicted octanol–water partition coefficient (Wildman–Crippen LogP) is 2.63. The van der Waals surface area contributed by atoms with Gasteiger partial charge >= 0.3 is 6.09 Å². The Balaban J connectivity index is 1.37. The van der Waals surface area contributed by atoms with Crippen molar-refractivity contribution >= 4 is 33.3 Å². The standard InChI is InChI=1S/C35H49N5O8S/c1-22(2)19-40(49(44,45)25-11-12-28-27(18-25)32(33(42)37-28)23(3)36-14-15-39(4)5)20-30(41)29(17-24-9-7-6-8-10-24)38-35(43)48-31-21-47-34-26(31)13-16-46-34/h6-12,18,22,26,29-31,34,36,41H,13-17,19-21H2,1-5H3,(H,37,42)(H,38,43)/b32-23+. The molecular formula is C35H49N5O8S. The van der Waals surface area contributed by atoms with E-state index < -0.39 is 34.4 Å². The summed E-state index contributed by atoms with van der Waals surface area (Å²) in [6.45, 7) is 7.54. The van der Waals surface area contributed by atoms with Crippen LogP contribution in [0.2, 0.25) is 0 Å². The maximum Gasteiger partial charge on any atom is 0.407 e. The number of nitrogens with one attached hydrogen (secondary N) is 3. The van der Waals surface area contributed by atoms with Crippen molar-refractivity contribution in [1.82, 2.24) is 19.8 Å². The van der Waals surface area contributed by atoms with Gasteiger partial charge in [0.2, 0.25) is 10.0 Å². The topological polar surface area (TPSA) is 159 Å². The third-order valence-corrected chi connectivity index (χ3v) is 10.8. The Hall–Kier alpha value is -3.53. The number of hydrogen-bond donors (Lipinski definition) is 4. The van der Waals surface area contributed by atoms with Gasteiger partial charge in [-0.3, -0.25) is 4.79 Å². The summed E-state index contributed by atoms with van der Waals surface area (Å²) < 4.78 is 46.7. The molecule has 3 aliphatic rings. The van der Waals surface area contributed by atoms with Crippen LogP contribution in [0.25, 0.3) is 5.57 Å². The number of rotatable bonds is 15. The molecule has 268 valence electrons. The number of sulfonamides is 1. The molecule has 0 bridgehead atoms. The highest BCUT2D eigenvalue weighted by Gasteiger charge is 2.44. The molecule has 2 aromatic carbocycles. The number of fused-ring (bicyclic) bond motifs is 2. The second-order valence-electron chi connectivity index (χ2n) is 13.6. The van der Waals surface area contributed by atoms with E-state index in [-0.39, 0.29) is 55.0 Å². The lowest BCUT2D eigenvalue weighted by Crippen LogP contribution is -2.51. The van der Waals surface area contributed by atoms with Gasteiger partial charge in [0.1, 0.15) is 6.10 Å². The smallest absolute Gasteiger partial charge is 0.407 e. The van der Waals surface area contributed by atoms with E-state index in [4.69, 9.17) is 14.2 Å². The van der Waals surface area contributed by atoms with Gasteiger partial charge in [-0.25, -0.2) is 13.2 Å². The molecule has 5 atom stereocenters. The summed E-state index contributed by atoms with van der Waals surface area (Å²) >= 11 is 0. The van der Waals surface area contributed by atoms with Crippen molar-refractivity contribution in [3.8, 4) is 0 Å². The number of nitrogens with zero attached hydrogens (tertiary/aromatic N) is 2. The summed E-state index contributed by atoms with van der Waals surface area (Å²) in [5, 5.41) is 20.6. The maximum absolute atomic E-state index is 14.3. The van der Waals surface area contributed by atoms with Gasteiger partial charge in [-0.2, -0.15) is 4.31 Å². The first kappa shape index (κ1) is 36.7. The average Bonchev–Trinajstić information content (AvgIpc) is 3.75. The molecule has 0 radical (unpaired) electrons. The van der Waals surface area contributed by atoms with Crippen molar-refractivity contribution in [2.75, 3.05) is 58.8 Å². The molecule has 3 aliphatic heterocycles. The number of benzene rings is 2. The van der Waals surface area contributed by atoms with E-state index in [0.29, 0.717) is 35.7 Å². The number of likely N-dealkylation sites (N-methyl/N-ethyl adjacent to an activating group) is 1. The SMILES string of the molecule is C/C(NCCN(C)C)=C1\C(=O)Nc2ccc(S(=O)(=O)N(CC(C)C)CC(O)C(Cc3ccccc3)NC(=O)OC3COC4OCCC34)cc21. The van der Waals surface area contributed by atoms with Crippen LogP contribution in [-0.4, -0.2) is 113 Å². The number of allylic oxidation sites excluding steroid dienone is 1. The lowest BCUT2D eigenvalue weighted by Gasteiger charge is -2.31. The summed E-state index contributed by atoms with van der Waals surface area (Å²) in [6, 6.07) is 13.0. The molecule has 0 aromatic heterocycles. The van der Waals surface area contributed by atoms with Crippen LogP contribution < -0.4 is 16.0 Å². The van der Waals surface area contributed by atoms with Crippen molar-refractivity contribution in [1.29, 1.82) is 0 Å². The molecule has 0 saturated carbocycles. The summed E-state index contributed by atoms with van der Waals surface area (Å²) in [6.07, 6.45) is -1.92. The zero-order valence-electron chi connectivity index (χ0n) is 28.8. The monoisotopic (exact) mass is 699 g/mol. The zero-order valence-corrected chi connectivity index (χ0v) is 29.7. The van der Waals surface area contributed by atoms with E-state index in [2.05, 4.69) is 16.0 Å². The van der Waals surface area contributed by atoms with Crippen molar-refractivity contribution in [3.05, 3.63) is 65.4 Å². The summed E-state index contributed by atoms with van der Waals surface area (Å²) in [4.78, 5) is 28.2. The van der Waals surface area contributed by atoms with Gasteiger partial charge in [0.15, 0.2) is 6.29 Å². The fourth-order valence-electron chi connectivity index (χ4n) is 6.42. The molecule has 13 nitrogen and oxygen atoms in total. The molecular weight excluding hydrogens is 650 g/mol. The van der Waals surface area contributed by atoms with E-state index in [1.165, 1.54) is 16.4 Å². The second kappa shape index (κ2) is 16.0. The van der Waals surface area contributed by atoms with Gasteiger partial charge in [0.05, 0.1) is 41.7 Å². The summed E-state index contributed by atoms with van der Waals surface area (Å²) in [5.41, 5.74) is 2.89. The summed E-state index contributed by atoms with van der Waals surface area (Å²) in [5.74, 6) is -0.441. The predicted molar refractivity (Wildman–Crippen MR) is 185 cm³/mol. The molecule has 3 heterocycles. The molecule has 49 heavy (non-hydrogen) atoms. The highest BCUT2D eigenvalue weighted by molar-refractivity contribution is 7.89. The lowest BCUT2D eigenvalue weighted by molar-refractivity contribution is -0.110. The van der Waals surface area contributed by atoms with Crippen LogP contribution in [0.4, 0.5) is 10.5 Å². The number of amides is 2. The quantitative estimate of drug-likeness (QED) is 0.204. The lowest BCUT2D eigenvalue weighted by atomic mass is 10.0. The number of carbonyl (C=O) groups excluding carboxylic acids is 2. The molecule has 5 unspecified atom stereocenters. The molecule has 0 aliphatic carbocycles. The molecule has 4 N–H and O–H groups in total. The van der Waals surface area contributed by atoms with Gasteiger partial charge in [-0.15, -0.1) is 0 Å². The minimum atomic E-state index is -4.16. The largest absolute Gasteiger partial charge is 0.443 e. The molecule has 0 spiro atoms. The Kier molecular flexibility index (Phi) is 12.0. The second-order valence-corrected chi connectivity index (χ2v) is 15.5. The van der Waals surface area contributed by atoms with Crippen LogP contribution in [0, 0.1) is 11.8 Å². The molecule has 2 saturated heterocycles. The zero-order chi connectivity index (χ0) is 35.3. The molecule has 5 rings (SSSR count). The van der Waals surface area contributed by atoms with Crippen LogP contribution in [0.5, 0.6) is 0 Å². The van der Waals surface area contributed by atoms with Gasteiger partial charge in [0.25, 0.3) is 5.91 Å². The van der Waals surface area contributed by atoms with E-state index >= 15 is 0 Å². The van der Waals surface area contributed by atoms with E-state index in [1.54, 1.807) is 13.0 Å². The van der Waals surface area contributed by atoms with Crippen molar-refractivity contribution in [3.63, 3.8) is 0 Å². The van der Waals surface area contributed by atoms with E-state index in [1.807, 2.05) is 63.2 Å². The Morgan fingerprint density at radius 2 is 1.88 bits per heavy atom. The highest BCUT2D eigenvalue weighted by atomic mass is 32.2. The number of hydrogen-bond acceptors (Lipinski definition) is 10. The fourth-order valence-corrected chi connectivity index (χ4v) is 8.07. The average molecular weight is 700 g/mol. The van der Waals surface area contributed by atoms with Gasteiger partial charge in [-0.05, 0) is 63.5 Å². The van der Waals surface area contributed by atoms with Crippen LogP contribution in [-0.2, 0) is 35.4 Å².